The lowest BCUT2D eigenvalue weighted by Crippen LogP contribution is -2.47. The van der Waals surface area contributed by atoms with E-state index < -0.39 is 0 Å². The molecule has 6 rings (SSSR count). The van der Waals surface area contributed by atoms with Crippen molar-refractivity contribution in [2.45, 2.75) is 19.6 Å². The number of ether oxygens (including phenoxy) is 3. The minimum atomic E-state index is -0.100. The summed E-state index contributed by atoms with van der Waals surface area (Å²) in [4.78, 5) is 15.5. The van der Waals surface area contributed by atoms with Crippen LogP contribution in [0.4, 0.5) is 0 Å². The average molecular weight is 492 g/mol. The van der Waals surface area contributed by atoms with Crippen LogP contribution in [0.2, 0.25) is 0 Å². The summed E-state index contributed by atoms with van der Waals surface area (Å²) in [5.41, 5.74) is 5.44. The van der Waals surface area contributed by atoms with Crippen molar-refractivity contribution in [2.24, 2.45) is 7.05 Å². The number of fused-ring (bicyclic) bond motifs is 3. The van der Waals surface area contributed by atoms with E-state index in [-0.39, 0.29) is 18.6 Å². The van der Waals surface area contributed by atoms with Crippen LogP contribution in [0.5, 0.6) is 11.5 Å². The monoisotopic (exact) mass is 491 g/mol. The molecule has 1 aromatic carbocycles. The first-order valence-electron chi connectivity index (χ1n) is 11.4. The quantitative estimate of drug-likeness (QED) is 0.432. The van der Waals surface area contributed by atoms with Crippen LogP contribution < -0.4 is 9.47 Å². The zero-order chi connectivity index (χ0) is 24.1. The second-order valence-corrected chi connectivity index (χ2v) is 9.48. The van der Waals surface area contributed by atoms with Gasteiger partial charge < -0.3 is 19.1 Å². The van der Waals surface area contributed by atoms with Crippen LogP contribution in [-0.2, 0) is 18.4 Å². The predicted molar refractivity (Wildman–Crippen MR) is 131 cm³/mol. The van der Waals surface area contributed by atoms with E-state index in [9.17, 15) is 4.79 Å². The van der Waals surface area contributed by atoms with Crippen molar-refractivity contribution in [1.29, 1.82) is 0 Å². The van der Waals surface area contributed by atoms with Crippen molar-refractivity contribution < 1.29 is 19.0 Å². The molecule has 1 amide bonds. The molecule has 0 bridgehead atoms. The molecule has 1 fully saturated rings. The van der Waals surface area contributed by atoms with Gasteiger partial charge in [0.15, 0.2) is 5.69 Å². The van der Waals surface area contributed by atoms with Crippen LogP contribution in [0, 0.1) is 0 Å². The fourth-order valence-electron chi connectivity index (χ4n) is 4.71. The number of amides is 1. The molecule has 35 heavy (non-hydrogen) atoms. The lowest BCUT2D eigenvalue weighted by atomic mass is 9.97. The van der Waals surface area contributed by atoms with Crippen molar-refractivity contribution in [3.05, 3.63) is 52.5 Å². The number of aromatic nitrogens is 4. The highest BCUT2D eigenvalue weighted by atomic mass is 32.1. The first-order chi connectivity index (χ1) is 17.0. The smallest absolute Gasteiger partial charge is 0.275 e. The molecule has 0 aliphatic carbocycles. The number of rotatable bonds is 4. The highest BCUT2D eigenvalue weighted by Crippen LogP contribution is 2.46. The molecule has 2 aliphatic rings. The van der Waals surface area contributed by atoms with Gasteiger partial charge in [0.25, 0.3) is 5.91 Å². The van der Waals surface area contributed by atoms with Gasteiger partial charge >= 0.3 is 0 Å². The van der Waals surface area contributed by atoms with Gasteiger partial charge in [-0.3, -0.25) is 9.48 Å². The Bertz CT molecular complexity index is 1410. The summed E-state index contributed by atoms with van der Waals surface area (Å²) in [7, 11) is 3.52. The van der Waals surface area contributed by atoms with E-state index in [4.69, 9.17) is 19.3 Å². The Kier molecular flexibility index (Phi) is 5.34. The molecule has 3 aromatic heterocycles. The second-order valence-electron chi connectivity index (χ2n) is 8.70. The molecule has 1 unspecified atom stereocenters. The second kappa shape index (κ2) is 8.54. The van der Waals surface area contributed by atoms with E-state index in [2.05, 4.69) is 5.10 Å². The van der Waals surface area contributed by atoms with Gasteiger partial charge in [0.1, 0.15) is 18.1 Å². The molecule has 0 spiro atoms. The van der Waals surface area contributed by atoms with Gasteiger partial charge in [0.2, 0.25) is 0 Å². The van der Waals surface area contributed by atoms with Crippen molar-refractivity contribution in [1.82, 2.24) is 24.5 Å². The van der Waals surface area contributed by atoms with Gasteiger partial charge in [-0.25, -0.2) is 4.68 Å². The zero-order valence-corrected chi connectivity index (χ0v) is 20.5. The summed E-state index contributed by atoms with van der Waals surface area (Å²) in [5, 5.41) is 13.5. The van der Waals surface area contributed by atoms with E-state index in [1.54, 1.807) is 23.1 Å². The molecule has 0 N–H and O–H groups in total. The first-order valence-corrected chi connectivity index (χ1v) is 12.4. The van der Waals surface area contributed by atoms with E-state index in [1.807, 2.05) is 64.8 Å². The summed E-state index contributed by atoms with van der Waals surface area (Å²) < 4.78 is 21.0. The summed E-state index contributed by atoms with van der Waals surface area (Å²) in [6.45, 7) is 3.83. The van der Waals surface area contributed by atoms with Crippen LogP contribution in [0.1, 0.15) is 23.0 Å². The van der Waals surface area contributed by atoms with Gasteiger partial charge in [0, 0.05) is 47.9 Å². The number of carbonyl (C=O) groups excluding carboxylic acids is 1. The molecule has 9 nitrogen and oxygen atoms in total. The van der Waals surface area contributed by atoms with Crippen LogP contribution in [0.3, 0.4) is 0 Å². The number of carbonyl (C=O) groups is 1. The minimum Gasteiger partial charge on any atom is -0.496 e. The number of nitrogens with zero attached hydrogens (tertiary/aromatic N) is 5. The van der Waals surface area contributed by atoms with Gasteiger partial charge in [0.05, 0.1) is 43.4 Å². The molecule has 1 saturated heterocycles. The average Bonchev–Trinajstić information content (AvgIpc) is 3.62. The molecule has 5 heterocycles. The first kappa shape index (κ1) is 21.9. The maximum Gasteiger partial charge on any atom is 0.275 e. The third-order valence-corrected chi connectivity index (χ3v) is 7.15. The molecule has 2 aliphatic heterocycles. The molecule has 0 saturated carbocycles. The Morgan fingerprint density at radius 2 is 2.11 bits per heavy atom. The Morgan fingerprint density at radius 1 is 1.23 bits per heavy atom. The summed E-state index contributed by atoms with van der Waals surface area (Å²) >= 11 is 1.58. The summed E-state index contributed by atoms with van der Waals surface area (Å²) in [5.74, 6) is 1.26. The number of morpholine rings is 1. The van der Waals surface area contributed by atoms with Gasteiger partial charge in [-0.2, -0.15) is 21.5 Å². The maximum absolute atomic E-state index is 13.7. The molecule has 180 valence electrons. The predicted octanol–water partition coefficient (Wildman–Crippen LogP) is 3.76. The number of hydrogen-bond acceptors (Lipinski definition) is 7. The normalized spacial score (nSPS) is 17.0. The fraction of sp³-hybridized carbons (Fsp3) is 0.320. The van der Waals surface area contributed by atoms with Crippen molar-refractivity contribution in [3.8, 4) is 39.7 Å². The highest BCUT2D eigenvalue weighted by molar-refractivity contribution is 7.08. The van der Waals surface area contributed by atoms with Crippen LogP contribution in [0.15, 0.2) is 41.2 Å². The number of benzene rings is 1. The third kappa shape index (κ3) is 3.60. The molecular formula is C25H25N5O4S. The largest absolute Gasteiger partial charge is 0.496 e. The number of hydrogen-bond donors (Lipinski definition) is 0. The van der Waals surface area contributed by atoms with E-state index in [0.29, 0.717) is 37.0 Å². The van der Waals surface area contributed by atoms with E-state index in [0.717, 1.165) is 33.8 Å². The van der Waals surface area contributed by atoms with Gasteiger partial charge in [-0.05, 0) is 30.5 Å². The van der Waals surface area contributed by atoms with Gasteiger partial charge in [-0.15, -0.1) is 0 Å². The van der Waals surface area contributed by atoms with Crippen molar-refractivity contribution in [3.63, 3.8) is 0 Å². The third-order valence-electron chi connectivity index (χ3n) is 6.48. The molecule has 1 atom stereocenters. The standard InChI is InChI=1S/C25H25N5O4S/c1-15-12-33-8-7-29(15)25(31)23-19-13-34-22-11-21(32-3)17(20-4-6-28(2)26-20)10-18(22)24(19)30(27-23)16-5-9-35-14-16/h4-6,9-11,14-15H,7-8,12-13H2,1-3H3. The van der Waals surface area contributed by atoms with Crippen LogP contribution in [0.25, 0.3) is 28.2 Å². The Hall–Kier alpha value is -3.63. The minimum absolute atomic E-state index is 0.0185. The number of aryl methyl sites for hydroxylation is 1. The summed E-state index contributed by atoms with van der Waals surface area (Å²) in [6.07, 6.45) is 1.89. The lowest BCUT2D eigenvalue weighted by molar-refractivity contribution is 0.00312. The molecular weight excluding hydrogens is 466 g/mol. The van der Waals surface area contributed by atoms with Crippen LogP contribution >= 0.6 is 11.3 Å². The fourth-order valence-corrected chi connectivity index (χ4v) is 5.32. The number of thiophene rings is 1. The highest BCUT2D eigenvalue weighted by Gasteiger charge is 2.35. The topological polar surface area (TPSA) is 83.6 Å². The Labute approximate surface area is 206 Å². The number of methoxy groups -OCH3 is 1. The Morgan fingerprint density at radius 3 is 2.83 bits per heavy atom. The van der Waals surface area contributed by atoms with Crippen molar-refractivity contribution in [2.75, 3.05) is 26.9 Å². The van der Waals surface area contributed by atoms with Crippen LogP contribution in [-0.4, -0.2) is 63.3 Å². The van der Waals surface area contributed by atoms with Crippen molar-refractivity contribution >= 4 is 17.2 Å². The Balaban J connectivity index is 1.55. The van der Waals surface area contributed by atoms with E-state index in [1.165, 1.54) is 0 Å². The lowest BCUT2D eigenvalue weighted by Gasteiger charge is -2.33. The SMILES string of the molecule is COc1cc2c(cc1-c1ccn(C)n1)-c1c(c(C(=O)N3CCOCC3C)nn1-c1ccsc1)CO2. The summed E-state index contributed by atoms with van der Waals surface area (Å²) in [6, 6.07) is 7.83. The molecule has 0 radical (unpaired) electrons. The van der Waals surface area contributed by atoms with Gasteiger partial charge in [-0.1, -0.05) is 0 Å². The maximum atomic E-state index is 13.7. The molecule has 10 heteroatoms. The zero-order valence-electron chi connectivity index (χ0n) is 19.7. The van der Waals surface area contributed by atoms with E-state index >= 15 is 0 Å². The molecule has 4 aromatic rings.